The third-order valence-corrected chi connectivity index (χ3v) is 2.94. The molecule has 0 heterocycles. The maximum Gasteiger partial charge on any atom is 0.340 e. The molecular formula is C14H12ClF5O4. The molecule has 0 N–H and O–H groups in total. The molecule has 1 aromatic rings. The summed E-state index contributed by atoms with van der Waals surface area (Å²) in [5.41, 5.74) is 0. The van der Waals surface area contributed by atoms with Gasteiger partial charge in [-0.3, -0.25) is 9.59 Å². The van der Waals surface area contributed by atoms with Crippen LogP contribution >= 0.6 is 11.6 Å². The summed E-state index contributed by atoms with van der Waals surface area (Å²) in [6.07, 6.45) is -4.94. The number of para-hydroxylation sites is 1. The first-order chi connectivity index (χ1) is 11.1. The van der Waals surface area contributed by atoms with Gasteiger partial charge in [-0.15, -0.1) is 0 Å². The van der Waals surface area contributed by atoms with E-state index in [4.69, 9.17) is 11.6 Å². The molecule has 0 aliphatic rings. The number of esters is 2. The van der Waals surface area contributed by atoms with Crippen molar-refractivity contribution in [1.82, 2.24) is 0 Å². The molecule has 0 saturated carbocycles. The first kappa shape index (κ1) is 20.1. The van der Waals surface area contributed by atoms with E-state index >= 15 is 0 Å². The number of carbonyl (C=O) groups excluding carboxylic acids is 2. The SMILES string of the molecule is O=C(CCCC(=O)Oc1c(F)cccc1Cl)OCC(F)(F)C(F)F. The minimum Gasteiger partial charge on any atom is -0.459 e. The van der Waals surface area contributed by atoms with Crippen molar-refractivity contribution >= 4 is 23.5 Å². The minimum atomic E-state index is -4.43. The van der Waals surface area contributed by atoms with Crippen LogP contribution in [0.3, 0.4) is 0 Å². The van der Waals surface area contributed by atoms with Gasteiger partial charge in [-0.05, 0) is 18.6 Å². The number of carbonyl (C=O) groups is 2. The Bertz CT molecular complexity index is 574. The third-order valence-electron chi connectivity index (χ3n) is 2.64. The predicted octanol–water partition coefficient (Wildman–Crippen LogP) is 4.00. The Morgan fingerprint density at radius 3 is 2.38 bits per heavy atom. The number of ether oxygens (including phenoxy) is 2. The molecule has 1 rings (SSSR count). The lowest BCUT2D eigenvalue weighted by Crippen LogP contribution is -2.33. The summed E-state index contributed by atoms with van der Waals surface area (Å²) < 4.78 is 70.8. The van der Waals surface area contributed by atoms with Gasteiger partial charge in [-0.2, -0.15) is 8.78 Å². The second kappa shape index (κ2) is 8.81. The highest BCUT2D eigenvalue weighted by Gasteiger charge is 2.42. The molecule has 4 nitrogen and oxygen atoms in total. The Balaban J connectivity index is 2.34. The molecule has 0 aliphatic heterocycles. The number of hydrogen-bond donors (Lipinski definition) is 0. The Morgan fingerprint density at radius 1 is 1.17 bits per heavy atom. The highest BCUT2D eigenvalue weighted by atomic mass is 35.5. The van der Waals surface area contributed by atoms with Crippen LogP contribution in [0.4, 0.5) is 22.0 Å². The lowest BCUT2D eigenvalue weighted by Gasteiger charge is -2.14. The van der Waals surface area contributed by atoms with E-state index < -0.39 is 48.9 Å². The number of hydrogen-bond acceptors (Lipinski definition) is 4. The molecule has 0 aliphatic carbocycles. The highest BCUT2D eigenvalue weighted by molar-refractivity contribution is 6.32. The van der Waals surface area contributed by atoms with Crippen LogP contribution in [0.2, 0.25) is 5.02 Å². The molecule has 0 unspecified atom stereocenters. The van der Waals surface area contributed by atoms with Gasteiger partial charge in [0, 0.05) is 12.8 Å². The standard InChI is InChI=1S/C14H12ClF5O4/c15-8-3-1-4-9(16)12(8)24-11(22)6-2-5-10(21)23-7-14(19,20)13(17)18/h1,3-4,13H,2,5-7H2. The molecular weight excluding hydrogens is 363 g/mol. The van der Waals surface area contributed by atoms with E-state index in [2.05, 4.69) is 9.47 Å². The molecule has 0 spiro atoms. The van der Waals surface area contributed by atoms with Gasteiger partial charge in [0.1, 0.15) is 0 Å². The molecule has 10 heteroatoms. The fraction of sp³-hybridized carbons (Fsp3) is 0.429. The monoisotopic (exact) mass is 374 g/mol. The second-order valence-electron chi connectivity index (χ2n) is 4.60. The first-order valence-electron chi connectivity index (χ1n) is 6.60. The van der Waals surface area contributed by atoms with E-state index in [9.17, 15) is 31.5 Å². The van der Waals surface area contributed by atoms with E-state index in [1.54, 1.807) is 0 Å². The number of rotatable bonds is 8. The van der Waals surface area contributed by atoms with Crippen molar-refractivity contribution in [3.8, 4) is 5.75 Å². The van der Waals surface area contributed by atoms with E-state index in [0.29, 0.717) is 0 Å². The number of benzene rings is 1. The van der Waals surface area contributed by atoms with E-state index in [1.165, 1.54) is 12.1 Å². The van der Waals surface area contributed by atoms with Crippen molar-refractivity contribution in [2.75, 3.05) is 6.61 Å². The van der Waals surface area contributed by atoms with E-state index in [-0.39, 0.29) is 17.9 Å². The smallest absolute Gasteiger partial charge is 0.340 e. The fourth-order valence-corrected chi connectivity index (χ4v) is 1.64. The largest absolute Gasteiger partial charge is 0.459 e. The molecule has 0 radical (unpaired) electrons. The van der Waals surface area contributed by atoms with Gasteiger partial charge in [0.15, 0.2) is 18.2 Å². The maximum absolute atomic E-state index is 13.4. The third kappa shape index (κ3) is 6.31. The van der Waals surface area contributed by atoms with Crippen LogP contribution in [0, 0.1) is 5.82 Å². The van der Waals surface area contributed by atoms with Gasteiger partial charge in [0.2, 0.25) is 0 Å². The van der Waals surface area contributed by atoms with Crippen molar-refractivity contribution in [2.24, 2.45) is 0 Å². The zero-order valence-electron chi connectivity index (χ0n) is 12.0. The summed E-state index contributed by atoms with van der Waals surface area (Å²) in [5, 5.41) is -0.128. The van der Waals surface area contributed by atoms with Gasteiger partial charge in [0.05, 0.1) is 5.02 Å². The maximum atomic E-state index is 13.4. The van der Waals surface area contributed by atoms with Gasteiger partial charge < -0.3 is 9.47 Å². The van der Waals surface area contributed by atoms with Crippen LogP contribution in [0.1, 0.15) is 19.3 Å². The first-order valence-corrected chi connectivity index (χ1v) is 6.97. The Morgan fingerprint density at radius 2 is 1.79 bits per heavy atom. The normalized spacial score (nSPS) is 11.5. The van der Waals surface area contributed by atoms with Crippen LogP contribution in [0.15, 0.2) is 18.2 Å². The van der Waals surface area contributed by atoms with Gasteiger partial charge >= 0.3 is 24.3 Å². The summed E-state index contributed by atoms with van der Waals surface area (Å²) in [6, 6.07) is 3.63. The number of alkyl halides is 4. The summed E-state index contributed by atoms with van der Waals surface area (Å²) in [6.45, 7) is -1.75. The minimum absolute atomic E-state index is 0.128. The zero-order valence-corrected chi connectivity index (χ0v) is 12.8. The molecule has 0 amide bonds. The molecule has 0 atom stereocenters. The van der Waals surface area contributed by atoms with Crippen LogP contribution in [0.25, 0.3) is 0 Å². The second-order valence-corrected chi connectivity index (χ2v) is 5.01. The summed E-state index contributed by atoms with van der Waals surface area (Å²) in [4.78, 5) is 22.6. The predicted molar refractivity (Wildman–Crippen MR) is 72.8 cm³/mol. The molecule has 0 saturated heterocycles. The molecule has 0 fully saturated rings. The molecule has 1 aromatic carbocycles. The Kier molecular flexibility index (Phi) is 7.40. The summed E-state index contributed by atoms with van der Waals surface area (Å²) >= 11 is 5.64. The summed E-state index contributed by atoms with van der Waals surface area (Å²) in [5.74, 6) is -7.84. The van der Waals surface area contributed by atoms with Crippen LogP contribution in [-0.4, -0.2) is 30.9 Å². The Hall–Kier alpha value is -1.90. The van der Waals surface area contributed by atoms with Crippen LogP contribution in [-0.2, 0) is 14.3 Å². The molecule has 0 aromatic heterocycles. The van der Waals surface area contributed by atoms with Gasteiger partial charge in [-0.25, -0.2) is 13.2 Å². The van der Waals surface area contributed by atoms with Crippen molar-refractivity contribution < 1.29 is 41.0 Å². The zero-order chi connectivity index (χ0) is 18.3. The van der Waals surface area contributed by atoms with Crippen LogP contribution < -0.4 is 4.74 Å². The summed E-state index contributed by atoms with van der Waals surface area (Å²) in [7, 11) is 0. The number of halogens is 6. The average Bonchev–Trinajstić information content (AvgIpc) is 2.49. The van der Waals surface area contributed by atoms with Crippen molar-refractivity contribution in [2.45, 2.75) is 31.6 Å². The lowest BCUT2D eigenvalue weighted by molar-refractivity contribution is -0.179. The van der Waals surface area contributed by atoms with E-state index in [0.717, 1.165) is 6.07 Å². The highest BCUT2D eigenvalue weighted by Crippen LogP contribution is 2.27. The molecule has 24 heavy (non-hydrogen) atoms. The Labute approximate surface area is 138 Å². The van der Waals surface area contributed by atoms with Crippen molar-refractivity contribution in [1.29, 1.82) is 0 Å². The van der Waals surface area contributed by atoms with Gasteiger partial charge in [0.25, 0.3) is 0 Å². The van der Waals surface area contributed by atoms with E-state index in [1.807, 2.05) is 0 Å². The van der Waals surface area contributed by atoms with Gasteiger partial charge in [-0.1, -0.05) is 17.7 Å². The van der Waals surface area contributed by atoms with Crippen molar-refractivity contribution in [3.05, 3.63) is 29.0 Å². The lowest BCUT2D eigenvalue weighted by atomic mass is 10.2. The van der Waals surface area contributed by atoms with Crippen LogP contribution in [0.5, 0.6) is 5.75 Å². The quantitative estimate of drug-likeness (QED) is 0.392. The molecule has 0 bridgehead atoms. The van der Waals surface area contributed by atoms with Crippen molar-refractivity contribution in [3.63, 3.8) is 0 Å². The fourth-order valence-electron chi connectivity index (χ4n) is 1.43. The molecule has 134 valence electrons. The average molecular weight is 375 g/mol. The topological polar surface area (TPSA) is 52.6 Å².